The summed E-state index contributed by atoms with van der Waals surface area (Å²) in [7, 11) is -0.838. The predicted molar refractivity (Wildman–Crippen MR) is 140 cm³/mol. The van der Waals surface area contributed by atoms with Gasteiger partial charge in [-0.3, -0.25) is 4.21 Å². The van der Waals surface area contributed by atoms with E-state index < -0.39 is 10.8 Å². The van der Waals surface area contributed by atoms with Gasteiger partial charge in [0.2, 0.25) is 0 Å². The fraction of sp³-hybridized carbons (Fsp3) is 0.462. The molecule has 36 heavy (non-hydrogen) atoms. The Morgan fingerprint density at radius 2 is 1.08 bits per heavy atom. The van der Waals surface area contributed by atoms with E-state index in [0.29, 0.717) is 23.2 Å². The van der Waals surface area contributed by atoms with Crippen LogP contribution in [0.2, 0.25) is 0 Å². The van der Waals surface area contributed by atoms with Crippen molar-refractivity contribution in [1.82, 2.24) is 41.2 Å². The lowest BCUT2D eigenvalue weighted by Gasteiger charge is -2.27. The second kappa shape index (κ2) is 12.1. The Labute approximate surface area is 214 Å². The van der Waals surface area contributed by atoms with Gasteiger partial charge < -0.3 is 0 Å². The SMILES string of the molecule is CC(CCCCS(=O)CCCCC(C)(c1ccccc1)c1nn[nH]n1)(c1ccccc1)c1nn[nH]n1. The normalized spacial score (nSPS) is 15.7. The molecule has 0 aliphatic rings. The number of aromatic nitrogens is 8. The summed E-state index contributed by atoms with van der Waals surface area (Å²) >= 11 is 0. The van der Waals surface area contributed by atoms with Crippen LogP contribution >= 0.6 is 0 Å². The Morgan fingerprint density at radius 3 is 1.44 bits per heavy atom. The number of aromatic amines is 2. The first-order valence-corrected chi connectivity index (χ1v) is 13.9. The molecule has 0 spiro atoms. The Balaban J connectivity index is 1.24. The van der Waals surface area contributed by atoms with Gasteiger partial charge in [-0.25, -0.2) is 0 Å². The first-order chi connectivity index (χ1) is 17.5. The van der Waals surface area contributed by atoms with Crippen LogP contribution in [0.1, 0.15) is 75.1 Å². The van der Waals surface area contributed by atoms with Gasteiger partial charge in [-0.1, -0.05) is 83.9 Å². The van der Waals surface area contributed by atoms with E-state index in [4.69, 9.17) is 0 Å². The van der Waals surface area contributed by atoms with Crippen molar-refractivity contribution in [2.45, 2.75) is 63.2 Å². The van der Waals surface area contributed by atoms with Crippen molar-refractivity contribution in [2.24, 2.45) is 0 Å². The molecule has 9 nitrogen and oxygen atoms in total. The monoisotopic (exact) mass is 506 g/mol. The Morgan fingerprint density at radius 1 is 0.667 bits per heavy atom. The van der Waals surface area contributed by atoms with Crippen molar-refractivity contribution >= 4 is 10.8 Å². The molecule has 0 saturated carbocycles. The van der Waals surface area contributed by atoms with E-state index in [9.17, 15) is 4.21 Å². The Bertz CT molecular complexity index is 1090. The lowest BCUT2D eigenvalue weighted by Crippen LogP contribution is -2.26. The van der Waals surface area contributed by atoms with Crippen LogP contribution < -0.4 is 0 Å². The van der Waals surface area contributed by atoms with Crippen molar-refractivity contribution in [1.29, 1.82) is 0 Å². The molecule has 2 aromatic carbocycles. The number of unbranched alkanes of at least 4 members (excludes halogenated alkanes) is 2. The van der Waals surface area contributed by atoms with Crippen molar-refractivity contribution in [2.75, 3.05) is 11.5 Å². The van der Waals surface area contributed by atoms with Gasteiger partial charge in [0.15, 0.2) is 11.6 Å². The molecule has 2 aromatic heterocycles. The number of nitrogens with one attached hydrogen (secondary N) is 2. The maximum absolute atomic E-state index is 12.7. The average molecular weight is 507 g/mol. The first kappa shape index (κ1) is 25.8. The molecule has 0 fully saturated rings. The number of nitrogens with zero attached hydrogens (tertiary/aromatic N) is 6. The van der Waals surface area contributed by atoms with Gasteiger partial charge >= 0.3 is 0 Å². The van der Waals surface area contributed by atoms with Gasteiger partial charge in [0, 0.05) is 22.3 Å². The van der Waals surface area contributed by atoms with Gasteiger partial charge in [0.05, 0.1) is 10.8 Å². The molecule has 2 heterocycles. The molecule has 0 saturated heterocycles. The molecule has 0 radical (unpaired) electrons. The third kappa shape index (κ3) is 6.10. The van der Waals surface area contributed by atoms with E-state index in [0.717, 1.165) is 49.7 Å². The third-order valence-corrected chi connectivity index (χ3v) is 8.59. The predicted octanol–water partition coefficient (Wildman–Crippen LogP) is 4.11. The zero-order valence-electron chi connectivity index (χ0n) is 20.9. The number of benzene rings is 2. The van der Waals surface area contributed by atoms with Crippen molar-refractivity contribution in [3.05, 3.63) is 83.4 Å². The molecule has 190 valence electrons. The molecule has 0 aliphatic carbocycles. The largest absolute Gasteiger partial charge is 0.260 e. The molecule has 2 unspecified atom stereocenters. The van der Waals surface area contributed by atoms with Crippen LogP contribution in [-0.4, -0.2) is 57.0 Å². The van der Waals surface area contributed by atoms with Gasteiger partial charge in [0.1, 0.15) is 0 Å². The minimum absolute atomic E-state index is 0.327. The smallest absolute Gasteiger partial charge is 0.184 e. The van der Waals surface area contributed by atoms with Crippen LogP contribution in [0, 0.1) is 0 Å². The highest BCUT2D eigenvalue weighted by Gasteiger charge is 2.33. The summed E-state index contributed by atoms with van der Waals surface area (Å²) in [5.41, 5.74) is 1.67. The van der Waals surface area contributed by atoms with Crippen LogP contribution in [-0.2, 0) is 21.6 Å². The highest BCUT2D eigenvalue weighted by atomic mass is 32.2. The minimum Gasteiger partial charge on any atom is -0.260 e. The lowest BCUT2D eigenvalue weighted by atomic mass is 9.77. The van der Waals surface area contributed by atoms with Crippen LogP contribution in [0.4, 0.5) is 0 Å². The number of hydrogen-bond donors (Lipinski definition) is 2. The highest BCUT2D eigenvalue weighted by molar-refractivity contribution is 7.84. The quantitative estimate of drug-likeness (QED) is 0.246. The Kier molecular flexibility index (Phi) is 8.69. The molecular formula is C26H34N8OS. The second-order valence-electron chi connectivity index (χ2n) is 9.63. The lowest BCUT2D eigenvalue weighted by molar-refractivity contribution is 0.465. The average Bonchev–Trinajstić information content (AvgIpc) is 3.65. The topological polar surface area (TPSA) is 126 Å². The fourth-order valence-electron chi connectivity index (χ4n) is 4.76. The molecule has 0 bridgehead atoms. The van der Waals surface area contributed by atoms with E-state index in [-0.39, 0.29) is 10.8 Å². The van der Waals surface area contributed by atoms with Gasteiger partial charge in [0.25, 0.3) is 0 Å². The summed E-state index contributed by atoms with van der Waals surface area (Å²) in [6, 6.07) is 20.6. The van der Waals surface area contributed by atoms with Crippen LogP contribution in [0.15, 0.2) is 60.7 Å². The van der Waals surface area contributed by atoms with Gasteiger partial charge in [-0.05, 0) is 50.7 Å². The molecule has 0 aliphatic heterocycles. The maximum Gasteiger partial charge on any atom is 0.184 e. The Hall–Kier alpha value is -3.27. The summed E-state index contributed by atoms with van der Waals surface area (Å²) in [5.74, 6) is 2.80. The van der Waals surface area contributed by atoms with E-state index >= 15 is 0 Å². The summed E-state index contributed by atoms with van der Waals surface area (Å²) in [4.78, 5) is 0. The number of hydrogen-bond acceptors (Lipinski definition) is 7. The second-order valence-corrected chi connectivity index (χ2v) is 11.3. The van der Waals surface area contributed by atoms with Crippen LogP contribution in [0.3, 0.4) is 0 Å². The van der Waals surface area contributed by atoms with Gasteiger partial charge in [-0.2, -0.15) is 10.4 Å². The van der Waals surface area contributed by atoms with Crippen molar-refractivity contribution in [3.8, 4) is 0 Å². The van der Waals surface area contributed by atoms with Gasteiger partial charge in [-0.15, -0.1) is 20.4 Å². The highest BCUT2D eigenvalue weighted by Crippen LogP contribution is 2.35. The summed E-state index contributed by atoms with van der Waals surface area (Å²) in [6.07, 6.45) is 5.42. The zero-order valence-corrected chi connectivity index (χ0v) is 21.7. The van der Waals surface area contributed by atoms with E-state index in [1.54, 1.807) is 0 Å². The summed E-state index contributed by atoms with van der Waals surface area (Å²) in [5, 5.41) is 29.8. The van der Waals surface area contributed by atoms with E-state index in [1.807, 2.05) is 36.4 Å². The van der Waals surface area contributed by atoms with Crippen molar-refractivity contribution < 1.29 is 4.21 Å². The molecular weight excluding hydrogens is 472 g/mol. The minimum atomic E-state index is -0.838. The number of rotatable bonds is 14. The molecule has 10 heteroatoms. The van der Waals surface area contributed by atoms with Crippen LogP contribution in [0.5, 0.6) is 0 Å². The molecule has 2 atom stereocenters. The number of H-pyrrole nitrogens is 2. The fourth-order valence-corrected chi connectivity index (χ4v) is 6.02. The van der Waals surface area contributed by atoms with E-state index in [2.05, 4.69) is 79.4 Å². The van der Waals surface area contributed by atoms with E-state index in [1.165, 1.54) is 0 Å². The molecule has 2 N–H and O–H groups in total. The maximum atomic E-state index is 12.7. The van der Waals surface area contributed by atoms with Crippen molar-refractivity contribution in [3.63, 3.8) is 0 Å². The first-order valence-electron chi connectivity index (χ1n) is 12.5. The zero-order chi connectivity index (χ0) is 25.3. The summed E-state index contributed by atoms with van der Waals surface area (Å²) < 4.78 is 12.7. The molecule has 0 amide bonds. The molecule has 4 rings (SSSR count). The molecule has 4 aromatic rings. The van der Waals surface area contributed by atoms with Crippen LogP contribution in [0.25, 0.3) is 0 Å². The standard InChI is InChI=1S/C26H34N8OS/c1-25(23-27-31-32-28-23,21-13-5-3-6-14-21)17-9-11-19-36(35)20-12-10-18-26(2,24-29-33-34-30-24)22-15-7-4-8-16-22/h3-8,13-16H,9-12,17-20H2,1-2H3,(H,27,28,31,32)(H,29,30,33,34). The number of tetrazole rings is 2. The third-order valence-electron chi connectivity index (χ3n) is 7.10. The summed E-state index contributed by atoms with van der Waals surface area (Å²) in [6.45, 7) is 4.30.